The molecule has 2 fully saturated rings. The summed E-state index contributed by atoms with van der Waals surface area (Å²) in [6.07, 6.45) is -2.24. The third-order valence-electron chi connectivity index (χ3n) is 2.85. The molecule has 2 aliphatic rings. The number of sulfonamides is 1. The highest BCUT2D eigenvalue weighted by atomic mass is 32.2. The molecule has 2 rings (SSSR count). The van der Waals surface area contributed by atoms with E-state index in [1.54, 1.807) is 0 Å². The van der Waals surface area contributed by atoms with Crippen LogP contribution in [0.3, 0.4) is 0 Å². The number of alkyl halides is 3. The molecule has 8 nitrogen and oxygen atoms in total. The highest BCUT2D eigenvalue weighted by Crippen LogP contribution is 2.41. The van der Waals surface area contributed by atoms with Crippen LogP contribution in [0.5, 0.6) is 0 Å². The molecule has 0 saturated carbocycles. The minimum absolute atomic E-state index is 0.264. The van der Waals surface area contributed by atoms with Gasteiger partial charge in [-0.1, -0.05) is 0 Å². The van der Waals surface area contributed by atoms with Crippen molar-refractivity contribution < 1.29 is 36.3 Å². The van der Waals surface area contributed by atoms with Gasteiger partial charge < -0.3 is 15.7 Å². The Morgan fingerprint density at radius 3 is 2.45 bits per heavy atom. The van der Waals surface area contributed by atoms with Crippen molar-refractivity contribution in [2.75, 3.05) is 5.88 Å². The summed E-state index contributed by atoms with van der Waals surface area (Å²) in [5.74, 6) is -3.53. The number of aliphatic carboxylic acids is 1. The molecular formula is C7H8F3N3O5S2. The molecule has 2 heterocycles. The Bertz CT molecular complexity index is 565. The number of nitrogens with two attached hydrogens (primary N) is 1. The van der Waals surface area contributed by atoms with E-state index in [2.05, 4.69) is 0 Å². The van der Waals surface area contributed by atoms with Crippen molar-refractivity contribution in [3.63, 3.8) is 0 Å². The molecule has 20 heavy (non-hydrogen) atoms. The largest absolute Gasteiger partial charge is 0.511 e. The molecule has 3 unspecified atom stereocenters. The lowest BCUT2D eigenvalue weighted by Gasteiger charge is -2.53. The van der Waals surface area contributed by atoms with Crippen molar-refractivity contribution in [2.24, 2.45) is 5.73 Å². The van der Waals surface area contributed by atoms with Gasteiger partial charge in [-0.2, -0.15) is 17.5 Å². The predicted molar refractivity (Wildman–Crippen MR) is 59.3 cm³/mol. The first kappa shape index (κ1) is 15.3. The molecule has 0 aromatic heterocycles. The quantitative estimate of drug-likeness (QED) is 0.605. The third-order valence-corrected chi connectivity index (χ3v) is 5.84. The van der Waals surface area contributed by atoms with Crippen molar-refractivity contribution in [3.05, 3.63) is 0 Å². The second-order valence-electron chi connectivity index (χ2n) is 4.01. The van der Waals surface area contributed by atoms with Gasteiger partial charge in [-0.15, -0.1) is 11.8 Å². The van der Waals surface area contributed by atoms with Gasteiger partial charge >= 0.3 is 21.5 Å². The van der Waals surface area contributed by atoms with Gasteiger partial charge in [-0.3, -0.25) is 4.79 Å². The summed E-state index contributed by atoms with van der Waals surface area (Å²) in [5.41, 5.74) is -0.265. The van der Waals surface area contributed by atoms with E-state index in [0.717, 1.165) is 0 Å². The van der Waals surface area contributed by atoms with Crippen molar-refractivity contribution in [1.82, 2.24) is 9.21 Å². The molecule has 3 atom stereocenters. The average molecular weight is 335 g/mol. The van der Waals surface area contributed by atoms with Crippen molar-refractivity contribution in [1.29, 1.82) is 0 Å². The average Bonchev–Trinajstić information content (AvgIpc) is 2.34. The fourth-order valence-corrected chi connectivity index (χ4v) is 4.49. The maximum atomic E-state index is 12.5. The Morgan fingerprint density at radius 2 is 2.00 bits per heavy atom. The standard InChI is InChI=1S/C7H8F3N3O5S2/c8-7(9,10)20(17,18)12-1-19-5-2(11)4(14)13(5)3(12)6(15)16/h2-3,5H,1,11H2,(H,15,16). The van der Waals surface area contributed by atoms with Crippen LogP contribution in [0.2, 0.25) is 0 Å². The van der Waals surface area contributed by atoms with Crippen molar-refractivity contribution >= 4 is 33.7 Å². The number of β-lactam (4-membered cyclic amide) rings is 1. The Hall–Kier alpha value is -1.05. The summed E-state index contributed by atoms with van der Waals surface area (Å²) < 4.78 is 60.0. The van der Waals surface area contributed by atoms with Crippen LogP contribution in [0.25, 0.3) is 0 Å². The summed E-state index contributed by atoms with van der Waals surface area (Å²) in [6, 6.07) is -1.04. The molecule has 3 N–H and O–H groups in total. The lowest BCUT2D eigenvalue weighted by atomic mass is 10.1. The van der Waals surface area contributed by atoms with Gasteiger partial charge in [0.1, 0.15) is 11.4 Å². The van der Waals surface area contributed by atoms with E-state index in [1.165, 1.54) is 0 Å². The number of halogens is 3. The first-order valence-corrected chi connectivity index (χ1v) is 7.49. The number of amides is 1. The molecule has 0 bridgehead atoms. The van der Waals surface area contributed by atoms with Crippen LogP contribution in [-0.2, 0) is 19.6 Å². The number of fused-ring (bicyclic) bond motifs is 1. The van der Waals surface area contributed by atoms with Crippen molar-refractivity contribution in [2.45, 2.75) is 23.1 Å². The highest BCUT2D eigenvalue weighted by Gasteiger charge is 2.62. The first-order chi connectivity index (χ1) is 9.00. The summed E-state index contributed by atoms with van der Waals surface area (Å²) in [6.45, 7) is 0. The first-order valence-electron chi connectivity index (χ1n) is 5.00. The fraction of sp³-hybridized carbons (Fsp3) is 0.714. The van der Waals surface area contributed by atoms with E-state index in [4.69, 9.17) is 10.8 Å². The monoisotopic (exact) mass is 335 g/mol. The van der Waals surface area contributed by atoms with Gasteiger partial charge in [0.05, 0.1) is 5.88 Å². The molecule has 0 aromatic carbocycles. The molecule has 2 saturated heterocycles. The van der Waals surface area contributed by atoms with Gasteiger partial charge in [0, 0.05) is 0 Å². The summed E-state index contributed by atoms with van der Waals surface area (Å²) in [5, 5.41) is 8.10. The van der Waals surface area contributed by atoms with Crippen LogP contribution >= 0.6 is 11.8 Å². The zero-order valence-corrected chi connectivity index (χ0v) is 11.1. The number of carbonyl (C=O) groups is 2. The van der Waals surface area contributed by atoms with Crippen molar-refractivity contribution in [3.8, 4) is 0 Å². The molecule has 0 spiro atoms. The van der Waals surface area contributed by atoms with Crippen LogP contribution in [0.1, 0.15) is 0 Å². The second-order valence-corrected chi connectivity index (χ2v) is 6.96. The normalized spacial score (nSPS) is 31.7. The Morgan fingerprint density at radius 1 is 1.45 bits per heavy atom. The lowest BCUT2D eigenvalue weighted by molar-refractivity contribution is -0.167. The van der Waals surface area contributed by atoms with Gasteiger partial charge in [0.2, 0.25) is 5.91 Å². The molecule has 114 valence electrons. The number of hydrogen-bond acceptors (Lipinski definition) is 6. The van der Waals surface area contributed by atoms with E-state index in [9.17, 15) is 31.2 Å². The van der Waals surface area contributed by atoms with Crippen LogP contribution in [-0.4, -0.2) is 63.6 Å². The molecule has 0 aromatic rings. The molecule has 2 aliphatic heterocycles. The zero-order valence-electron chi connectivity index (χ0n) is 9.44. The Kier molecular flexibility index (Phi) is 3.43. The number of carbonyl (C=O) groups excluding carboxylic acids is 1. The molecule has 13 heteroatoms. The van der Waals surface area contributed by atoms with Crippen LogP contribution in [0.4, 0.5) is 13.2 Å². The number of carboxylic acids is 1. The Balaban J connectivity index is 2.41. The van der Waals surface area contributed by atoms with E-state index in [-0.39, 0.29) is 4.31 Å². The summed E-state index contributed by atoms with van der Waals surface area (Å²) in [4.78, 5) is 23.0. The van der Waals surface area contributed by atoms with Crippen LogP contribution in [0, 0.1) is 0 Å². The predicted octanol–water partition coefficient (Wildman–Crippen LogP) is -1.25. The van der Waals surface area contributed by atoms with E-state index >= 15 is 0 Å². The van der Waals surface area contributed by atoms with E-state index in [0.29, 0.717) is 16.7 Å². The summed E-state index contributed by atoms with van der Waals surface area (Å²) >= 11 is 0.661. The van der Waals surface area contributed by atoms with Crippen LogP contribution < -0.4 is 5.73 Å². The zero-order chi connectivity index (χ0) is 15.5. The van der Waals surface area contributed by atoms with E-state index in [1.807, 2.05) is 0 Å². The lowest BCUT2D eigenvalue weighted by Crippen LogP contribution is -2.77. The topological polar surface area (TPSA) is 121 Å². The van der Waals surface area contributed by atoms with E-state index < -0.39 is 50.9 Å². The smallest absolute Gasteiger partial charge is 0.479 e. The molecule has 0 radical (unpaired) electrons. The number of thioether (sulfide) groups is 1. The highest BCUT2D eigenvalue weighted by molar-refractivity contribution is 8.01. The maximum absolute atomic E-state index is 12.5. The van der Waals surface area contributed by atoms with Crippen LogP contribution in [0.15, 0.2) is 0 Å². The number of rotatable bonds is 2. The molecule has 0 aliphatic carbocycles. The second kappa shape index (κ2) is 4.47. The number of nitrogens with zero attached hydrogens (tertiary/aromatic N) is 2. The molecular weight excluding hydrogens is 327 g/mol. The minimum Gasteiger partial charge on any atom is -0.479 e. The SMILES string of the molecule is NC1C(=O)N2C1SCN(S(=O)(=O)C(F)(F)F)C2C(=O)O. The van der Waals surface area contributed by atoms with Gasteiger partial charge in [0.15, 0.2) is 6.17 Å². The third kappa shape index (κ3) is 1.96. The molecule has 1 amide bonds. The summed E-state index contributed by atoms with van der Waals surface area (Å²) in [7, 11) is -5.86. The van der Waals surface area contributed by atoms with Gasteiger partial charge in [-0.25, -0.2) is 13.2 Å². The van der Waals surface area contributed by atoms with Gasteiger partial charge in [-0.05, 0) is 0 Å². The minimum atomic E-state index is -5.86. The maximum Gasteiger partial charge on any atom is 0.511 e. The van der Waals surface area contributed by atoms with Gasteiger partial charge in [0.25, 0.3) is 0 Å². The fourth-order valence-electron chi connectivity index (χ4n) is 1.89. The Labute approximate surface area is 114 Å². The number of hydrogen-bond donors (Lipinski definition) is 2. The number of carboxylic acid groups (broad SMARTS) is 1.